The standard InChI is InChI=1S/C34H35N3O5S2/c1-7-44-16-19-8-10-24-21(12-19)27-28-23(15-35-31(28)38)26-22-13-20(18(3)43-6)9-11-25(22)37(30(26)29(27)36-24)33(4)34(40,32(39)41-5)14-17(2)42-33/h8-13,17,21,40H,3,7,14-16H2,1-2,4-6H3,(H,35,38). The van der Waals surface area contributed by atoms with Crippen LogP contribution in [0.4, 0.5) is 5.69 Å². The highest BCUT2D eigenvalue weighted by Crippen LogP contribution is 2.55. The normalized spacial score (nSPS) is 26.8. The molecule has 0 radical (unpaired) electrons. The molecule has 4 heterocycles. The van der Waals surface area contributed by atoms with Gasteiger partial charge in [0.05, 0.1) is 41.2 Å². The lowest BCUT2D eigenvalue weighted by Crippen LogP contribution is -2.56. The number of amides is 1. The number of nitrogens with one attached hydrogen (secondary N) is 1. The van der Waals surface area contributed by atoms with Gasteiger partial charge in [0.1, 0.15) is 0 Å². The molecule has 44 heavy (non-hydrogen) atoms. The highest BCUT2D eigenvalue weighted by Gasteiger charge is 2.63. The van der Waals surface area contributed by atoms with Crippen molar-refractivity contribution in [1.82, 2.24) is 9.88 Å². The SMILES string of the molecule is C=C(SC)c1ccc2c(c1)c1c3c(c4c(c1n2C1(C)OC(C)CC1(O)C(=O)OC)N=C1C=CC(CSCC)=CC14)C(=O)NC3. The van der Waals surface area contributed by atoms with E-state index in [2.05, 4.69) is 43.1 Å². The van der Waals surface area contributed by atoms with Crippen LogP contribution in [0.15, 0.2) is 53.6 Å². The van der Waals surface area contributed by atoms with Gasteiger partial charge in [-0.1, -0.05) is 31.7 Å². The lowest BCUT2D eigenvalue weighted by atomic mass is 9.84. The van der Waals surface area contributed by atoms with Gasteiger partial charge in [-0.2, -0.15) is 11.8 Å². The second-order valence-corrected chi connectivity index (χ2v) is 14.1. The highest BCUT2D eigenvalue weighted by molar-refractivity contribution is 8.07. The summed E-state index contributed by atoms with van der Waals surface area (Å²) in [5, 5.41) is 17.0. The molecule has 1 aliphatic carbocycles. The van der Waals surface area contributed by atoms with E-state index in [1.807, 2.05) is 41.6 Å². The van der Waals surface area contributed by atoms with Crippen molar-refractivity contribution in [1.29, 1.82) is 0 Å². The van der Waals surface area contributed by atoms with E-state index in [9.17, 15) is 14.7 Å². The minimum atomic E-state index is -1.98. The Morgan fingerprint density at radius 3 is 2.86 bits per heavy atom. The summed E-state index contributed by atoms with van der Waals surface area (Å²) in [6, 6.07) is 6.06. The molecule has 1 aromatic heterocycles. The van der Waals surface area contributed by atoms with Crippen molar-refractivity contribution in [2.24, 2.45) is 4.99 Å². The number of carbonyl (C=O) groups excluding carboxylic acids is 2. The fourth-order valence-corrected chi connectivity index (χ4v) is 8.44. The van der Waals surface area contributed by atoms with Crippen molar-refractivity contribution in [3.8, 4) is 0 Å². The number of allylic oxidation sites excluding steroid dienone is 3. The van der Waals surface area contributed by atoms with E-state index in [1.54, 1.807) is 18.7 Å². The van der Waals surface area contributed by atoms with Crippen molar-refractivity contribution in [2.45, 2.75) is 57.1 Å². The van der Waals surface area contributed by atoms with E-state index in [-0.39, 0.29) is 18.2 Å². The van der Waals surface area contributed by atoms with Gasteiger partial charge in [0.15, 0.2) is 5.72 Å². The molecule has 0 spiro atoms. The van der Waals surface area contributed by atoms with Gasteiger partial charge in [-0.3, -0.25) is 4.79 Å². The molecule has 1 fully saturated rings. The number of aliphatic imine (C=N–C) groups is 1. The summed E-state index contributed by atoms with van der Waals surface area (Å²) < 4.78 is 13.7. The number of rotatable bonds is 7. The Balaban J connectivity index is 1.63. The van der Waals surface area contributed by atoms with Gasteiger partial charge >= 0.3 is 5.97 Å². The topological polar surface area (TPSA) is 102 Å². The molecule has 4 unspecified atom stereocenters. The Kier molecular flexibility index (Phi) is 6.93. The lowest BCUT2D eigenvalue weighted by molar-refractivity contribution is -0.199. The lowest BCUT2D eigenvalue weighted by Gasteiger charge is -2.38. The summed E-state index contributed by atoms with van der Waals surface area (Å²) in [6.07, 6.45) is 7.99. The maximum absolute atomic E-state index is 13.6. The second kappa shape index (κ2) is 10.4. The number of aromatic nitrogens is 1. The number of ether oxygens (including phenoxy) is 2. The molecule has 4 atom stereocenters. The minimum absolute atomic E-state index is 0.0625. The van der Waals surface area contributed by atoms with Crippen molar-refractivity contribution in [3.63, 3.8) is 0 Å². The molecule has 1 amide bonds. The molecule has 10 heteroatoms. The highest BCUT2D eigenvalue weighted by atomic mass is 32.2. The fraction of sp³-hybridized carbons (Fsp3) is 0.382. The molecule has 0 saturated carbocycles. The van der Waals surface area contributed by atoms with Crippen molar-refractivity contribution in [3.05, 3.63) is 70.8 Å². The Morgan fingerprint density at radius 1 is 1.34 bits per heavy atom. The number of methoxy groups -OCH3 is 1. The number of carbonyl (C=O) groups is 2. The monoisotopic (exact) mass is 629 g/mol. The van der Waals surface area contributed by atoms with Crippen molar-refractivity contribution >= 4 is 73.5 Å². The smallest absolute Gasteiger partial charge is 0.343 e. The predicted molar refractivity (Wildman–Crippen MR) is 179 cm³/mol. The number of aliphatic hydroxyl groups is 1. The first-order chi connectivity index (χ1) is 21.1. The van der Waals surface area contributed by atoms with Crippen molar-refractivity contribution < 1.29 is 24.2 Å². The summed E-state index contributed by atoms with van der Waals surface area (Å²) in [7, 11) is 1.28. The molecule has 3 aliphatic heterocycles. The third-order valence-corrected chi connectivity index (χ3v) is 11.1. The van der Waals surface area contributed by atoms with Crippen molar-refractivity contribution in [2.75, 3.05) is 24.9 Å². The molecule has 8 nitrogen and oxygen atoms in total. The maximum atomic E-state index is 13.6. The first kappa shape index (κ1) is 29.4. The largest absolute Gasteiger partial charge is 0.467 e. The molecule has 4 aliphatic rings. The van der Waals surface area contributed by atoms with Gasteiger partial charge in [0.2, 0.25) is 5.60 Å². The van der Waals surface area contributed by atoms with Gasteiger partial charge in [-0.05, 0) is 60.8 Å². The van der Waals surface area contributed by atoms with E-state index in [4.69, 9.17) is 14.5 Å². The van der Waals surface area contributed by atoms with Gasteiger partial charge in [0, 0.05) is 45.9 Å². The summed E-state index contributed by atoms with van der Waals surface area (Å²) in [5.74, 6) is 0.831. The number of esters is 1. The van der Waals surface area contributed by atoms with Gasteiger partial charge in [0.25, 0.3) is 5.91 Å². The summed E-state index contributed by atoms with van der Waals surface area (Å²) >= 11 is 3.41. The fourth-order valence-electron chi connectivity index (χ4n) is 7.45. The minimum Gasteiger partial charge on any atom is -0.467 e. The zero-order chi connectivity index (χ0) is 31.1. The second-order valence-electron chi connectivity index (χ2n) is 11.9. The van der Waals surface area contributed by atoms with Crippen LogP contribution in [0.2, 0.25) is 0 Å². The van der Waals surface area contributed by atoms with Crippen LogP contribution in [0.3, 0.4) is 0 Å². The van der Waals surface area contributed by atoms with E-state index in [0.717, 1.165) is 60.6 Å². The van der Waals surface area contributed by atoms with E-state index in [1.165, 1.54) is 12.7 Å². The average molecular weight is 630 g/mol. The Labute approximate surface area is 264 Å². The van der Waals surface area contributed by atoms with Gasteiger partial charge < -0.3 is 24.5 Å². The quantitative estimate of drug-likeness (QED) is 0.301. The third kappa shape index (κ3) is 3.90. The Hall–Kier alpha value is -3.31. The number of benzene rings is 2. The summed E-state index contributed by atoms with van der Waals surface area (Å²) in [6.45, 7) is 10.3. The molecule has 2 aromatic carbocycles. The van der Waals surface area contributed by atoms with Crippen LogP contribution in [0.25, 0.3) is 26.7 Å². The first-order valence-corrected chi connectivity index (χ1v) is 17.2. The van der Waals surface area contributed by atoms with E-state index in [0.29, 0.717) is 17.8 Å². The van der Waals surface area contributed by atoms with E-state index >= 15 is 0 Å². The Bertz CT molecular complexity index is 1910. The summed E-state index contributed by atoms with van der Waals surface area (Å²) in [4.78, 5) is 33.1. The van der Waals surface area contributed by atoms with Crippen LogP contribution < -0.4 is 5.32 Å². The van der Waals surface area contributed by atoms with Crippen LogP contribution in [-0.2, 0) is 26.5 Å². The van der Waals surface area contributed by atoms with E-state index < -0.39 is 23.4 Å². The first-order valence-electron chi connectivity index (χ1n) is 14.8. The van der Waals surface area contributed by atoms with Crippen LogP contribution in [0.5, 0.6) is 0 Å². The number of nitrogens with zero attached hydrogens (tertiary/aromatic N) is 2. The van der Waals surface area contributed by atoms with Crippen LogP contribution in [0.1, 0.15) is 60.2 Å². The molecule has 7 rings (SSSR count). The zero-order valence-corrected chi connectivity index (χ0v) is 27.1. The average Bonchev–Trinajstić information content (AvgIpc) is 3.74. The Morgan fingerprint density at radius 2 is 2.14 bits per heavy atom. The summed E-state index contributed by atoms with van der Waals surface area (Å²) in [5.41, 5.74) is 4.04. The van der Waals surface area contributed by atoms with Gasteiger partial charge in [-0.25, -0.2) is 9.79 Å². The molecular formula is C34H35N3O5S2. The van der Waals surface area contributed by atoms with Gasteiger partial charge in [-0.15, -0.1) is 11.8 Å². The zero-order valence-electron chi connectivity index (χ0n) is 25.4. The molecule has 228 valence electrons. The molecular weight excluding hydrogens is 595 g/mol. The number of hydrogen-bond acceptors (Lipinski definition) is 8. The predicted octanol–water partition coefficient (Wildman–Crippen LogP) is 6.18. The number of hydrogen-bond donors (Lipinski definition) is 2. The number of fused-ring (bicyclic) bond motifs is 10. The molecule has 3 aromatic rings. The van der Waals surface area contributed by atoms with Crippen LogP contribution in [-0.4, -0.2) is 63.8 Å². The molecule has 0 bridgehead atoms. The van der Waals surface area contributed by atoms with Crippen LogP contribution >= 0.6 is 23.5 Å². The maximum Gasteiger partial charge on any atom is 0.343 e. The molecule has 2 N–H and O–H groups in total. The third-order valence-electron chi connectivity index (χ3n) is 9.46. The van der Waals surface area contributed by atoms with Crippen LogP contribution in [0, 0.1) is 0 Å². The molecule has 1 saturated heterocycles. The number of thioether (sulfide) groups is 2.